The lowest BCUT2D eigenvalue weighted by atomic mass is 10.1. The van der Waals surface area contributed by atoms with Gasteiger partial charge in [-0.3, -0.25) is 0 Å². The molecule has 0 spiro atoms. The van der Waals surface area contributed by atoms with Gasteiger partial charge < -0.3 is 0 Å². The summed E-state index contributed by atoms with van der Waals surface area (Å²) >= 11 is 0. The van der Waals surface area contributed by atoms with Crippen LogP contribution in [0.5, 0.6) is 0 Å². The van der Waals surface area contributed by atoms with E-state index in [-0.39, 0.29) is 0 Å². The van der Waals surface area contributed by atoms with Crippen molar-refractivity contribution in [2.24, 2.45) is 0 Å². The standard InChI is InChI=1S/C11H24.C7H16.C2H6/c1-3-5-7-9-11-10-8-6-4-2;1-3-5-7-6-4-2;1-2/h3-11H2,1-2H3;3-7H2,1-2H3;1-2H3. The molecule has 20 heavy (non-hydrogen) atoms. The van der Waals surface area contributed by atoms with E-state index in [1.54, 1.807) is 0 Å². The fraction of sp³-hybridized carbons (Fsp3) is 1.00. The molecule has 0 aromatic heterocycles. The van der Waals surface area contributed by atoms with E-state index in [2.05, 4.69) is 27.7 Å². The molecule has 0 saturated carbocycles. The molecule has 0 fully saturated rings. The summed E-state index contributed by atoms with van der Waals surface area (Å²) in [6.45, 7) is 13.0. The van der Waals surface area contributed by atoms with Crippen LogP contribution in [0, 0.1) is 0 Å². The normalized spacial score (nSPS) is 9.30. The monoisotopic (exact) mass is 286 g/mol. The van der Waals surface area contributed by atoms with Crippen molar-refractivity contribution in [1.82, 2.24) is 0 Å². The minimum absolute atomic E-state index is 1.36. The molecule has 0 unspecified atom stereocenters. The maximum absolute atomic E-state index is 2.27. The molecule has 0 rings (SSSR count). The van der Waals surface area contributed by atoms with Crippen LogP contribution < -0.4 is 0 Å². The van der Waals surface area contributed by atoms with Crippen molar-refractivity contribution in [1.29, 1.82) is 0 Å². The van der Waals surface area contributed by atoms with Gasteiger partial charge in [0.25, 0.3) is 0 Å². The van der Waals surface area contributed by atoms with E-state index in [0.29, 0.717) is 0 Å². The zero-order valence-corrected chi connectivity index (χ0v) is 15.9. The number of hydrogen-bond donors (Lipinski definition) is 0. The molecule has 0 amide bonds. The summed E-state index contributed by atoms with van der Waals surface area (Å²) in [6, 6.07) is 0. The van der Waals surface area contributed by atoms with Crippen LogP contribution in [0.1, 0.15) is 131 Å². The van der Waals surface area contributed by atoms with Crippen molar-refractivity contribution in [2.45, 2.75) is 131 Å². The smallest absolute Gasteiger partial charge is 0.0533 e. The Morgan fingerprint density at radius 3 is 0.650 bits per heavy atom. The van der Waals surface area contributed by atoms with Gasteiger partial charge in [0.05, 0.1) is 0 Å². The third-order valence-corrected chi connectivity index (χ3v) is 3.41. The summed E-state index contributed by atoms with van der Waals surface area (Å²) in [5.74, 6) is 0. The van der Waals surface area contributed by atoms with Gasteiger partial charge in [-0.25, -0.2) is 0 Å². The predicted molar refractivity (Wildman–Crippen MR) is 98.7 cm³/mol. The zero-order valence-electron chi connectivity index (χ0n) is 15.9. The third-order valence-electron chi connectivity index (χ3n) is 3.41. The molecule has 0 heterocycles. The highest BCUT2D eigenvalue weighted by molar-refractivity contribution is 4.44. The second-order valence-electron chi connectivity index (χ2n) is 5.54. The van der Waals surface area contributed by atoms with Crippen LogP contribution in [-0.2, 0) is 0 Å². The Kier molecular flexibility index (Phi) is 39.2. The molecule has 0 aromatic rings. The average Bonchev–Trinajstić information content (AvgIpc) is 2.50. The lowest BCUT2D eigenvalue weighted by molar-refractivity contribution is 0.572. The second-order valence-corrected chi connectivity index (χ2v) is 5.54. The van der Waals surface area contributed by atoms with Crippen molar-refractivity contribution in [3.8, 4) is 0 Å². The van der Waals surface area contributed by atoms with Crippen LogP contribution in [0.15, 0.2) is 0 Å². The minimum Gasteiger partial charge on any atom is -0.0683 e. The fourth-order valence-electron chi connectivity index (χ4n) is 2.06. The Balaban J connectivity index is -0.000000277. The fourth-order valence-corrected chi connectivity index (χ4v) is 2.06. The van der Waals surface area contributed by atoms with Gasteiger partial charge in [0, 0.05) is 0 Å². The van der Waals surface area contributed by atoms with Gasteiger partial charge in [-0.1, -0.05) is 131 Å². The van der Waals surface area contributed by atoms with Crippen molar-refractivity contribution >= 4 is 0 Å². The van der Waals surface area contributed by atoms with Crippen LogP contribution in [0.25, 0.3) is 0 Å². The van der Waals surface area contributed by atoms with E-state index in [0.717, 1.165) is 0 Å². The number of rotatable bonds is 12. The molecule has 0 aromatic carbocycles. The van der Waals surface area contributed by atoms with Crippen LogP contribution in [0.3, 0.4) is 0 Å². The van der Waals surface area contributed by atoms with E-state index in [4.69, 9.17) is 0 Å². The van der Waals surface area contributed by atoms with Crippen LogP contribution in [0.4, 0.5) is 0 Å². The predicted octanol–water partition coefficient (Wildman–Crippen LogP) is 8.54. The topological polar surface area (TPSA) is 0 Å². The zero-order chi connectivity index (χ0) is 15.9. The molecule has 126 valence electrons. The van der Waals surface area contributed by atoms with Gasteiger partial charge in [-0.05, 0) is 0 Å². The van der Waals surface area contributed by atoms with Gasteiger partial charge in [0.2, 0.25) is 0 Å². The molecule has 0 saturated heterocycles. The average molecular weight is 287 g/mol. The maximum atomic E-state index is 2.27. The van der Waals surface area contributed by atoms with Crippen molar-refractivity contribution < 1.29 is 0 Å². The van der Waals surface area contributed by atoms with Gasteiger partial charge in [-0.15, -0.1) is 0 Å². The summed E-state index contributed by atoms with van der Waals surface area (Å²) in [4.78, 5) is 0. The van der Waals surface area contributed by atoms with Crippen molar-refractivity contribution in [3.63, 3.8) is 0 Å². The van der Waals surface area contributed by atoms with Gasteiger partial charge >= 0.3 is 0 Å². The largest absolute Gasteiger partial charge is 0.0683 e. The summed E-state index contributed by atoms with van der Waals surface area (Å²) in [7, 11) is 0. The Morgan fingerprint density at radius 1 is 0.300 bits per heavy atom. The SMILES string of the molecule is CC.CCCCCCC.CCCCCCCCCCC. The quantitative estimate of drug-likeness (QED) is 0.315. The highest BCUT2D eigenvalue weighted by Gasteiger charge is 1.89. The van der Waals surface area contributed by atoms with Crippen LogP contribution >= 0.6 is 0 Å². The Hall–Kier alpha value is 0. The lowest BCUT2D eigenvalue weighted by Crippen LogP contribution is -1.79. The van der Waals surface area contributed by atoms with Gasteiger partial charge in [-0.2, -0.15) is 0 Å². The van der Waals surface area contributed by atoms with Crippen LogP contribution in [0.2, 0.25) is 0 Å². The van der Waals surface area contributed by atoms with Gasteiger partial charge in [0.1, 0.15) is 0 Å². The molecule has 0 radical (unpaired) electrons. The van der Waals surface area contributed by atoms with Crippen LogP contribution in [-0.4, -0.2) is 0 Å². The van der Waals surface area contributed by atoms with E-state index in [1.807, 2.05) is 13.8 Å². The highest BCUT2D eigenvalue weighted by Crippen LogP contribution is 2.08. The first-order valence-corrected chi connectivity index (χ1v) is 9.83. The molecule has 0 nitrogen and oxygen atoms in total. The molecule has 0 aliphatic carbocycles. The maximum Gasteiger partial charge on any atom is -0.0533 e. The molecule has 0 atom stereocenters. The minimum atomic E-state index is 1.36. The highest BCUT2D eigenvalue weighted by atomic mass is 14.0. The van der Waals surface area contributed by atoms with E-state index >= 15 is 0 Å². The second kappa shape index (κ2) is 31.4. The molecule has 0 aliphatic rings. The van der Waals surface area contributed by atoms with Gasteiger partial charge in [0.15, 0.2) is 0 Å². The third kappa shape index (κ3) is 36.1. The van der Waals surface area contributed by atoms with E-state index in [1.165, 1.54) is 89.9 Å². The summed E-state index contributed by atoms with van der Waals surface area (Å²) < 4.78 is 0. The summed E-state index contributed by atoms with van der Waals surface area (Å²) in [6.07, 6.45) is 20.0. The van der Waals surface area contributed by atoms with Crippen molar-refractivity contribution in [2.75, 3.05) is 0 Å². The number of unbranched alkanes of at least 4 members (excludes halogenated alkanes) is 12. The first kappa shape index (κ1) is 25.0. The molecular formula is C20H46. The first-order chi connectivity index (χ1) is 9.83. The summed E-state index contributed by atoms with van der Waals surface area (Å²) in [5, 5.41) is 0. The van der Waals surface area contributed by atoms with E-state index in [9.17, 15) is 0 Å². The Bertz CT molecular complexity index is 94.6. The molecule has 0 heteroatoms. The molecule has 0 bridgehead atoms. The molecular weight excluding hydrogens is 240 g/mol. The Morgan fingerprint density at radius 2 is 0.450 bits per heavy atom. The van der Waals surface area contributed by atoms with E-state index < -0.39 is 0 Å². The van der Waals surface area contributed by atoms with Crippen molar-refractivity contribution in [3.05, 3.63) is 0 Å². The summed E-state index contributed by atoms with van der Waals surface area (Å²) in [5.41, 5.74) is 0. The lowest BCUT2D eigenvalue weighted by Gasteiger charge is -1.98. The Labute approximate surface area is 132 Å². The first-order valence-electron chi connectivity index (χ1n) is 9.83. The number of hydrogen-bond acceptors (Lipinski definition) is 0. The molecule has 0 N–H and O–H groups in total. The molecule has 0 aliphatic heterocycles.